The fourth-order valence-electron chi connectivity index (χ4n) is 5.16. The maximum Gasteiger partial charge on any atom is 0.262 e. The third-order valence-electron chi connectivity index (χ3n) is 6.41. The van der Waals surface area contributed by atoms with E-state index >= 15 is 0 Å². The van der Waals surface area contributed by atoms with Crippen molar-refractivity contribution in [3.05, 3.63) is 39.8 Å². The molecule has 1 aromatic heterocycles. The summed E-state index contributed by atoms with van der Waals surface area (Å²) in [5.74, 6) is 1.38. The van der Waals surface area contributed by atoms with Gasteiger partial charge < -0.3 is 14.2 Å². The number of fused-ring (bicyclic) bond motifs is 3. The van der Waals surface area contributed by atoms with Gasteiger partial charge >= 0.3 is 0 Å². The normalized spacial score (nSPS) is 27.2. The second kappa shape index (κ2) is 6.33. The zero-order chi connectivity index (χ0) is 16.3. The van der Waals surface area contributed by atoms with E-state index in [0.717, 1.165) is 30.5 Å². The van der Waals surface area contributed by atoms with Gasteiger partial charge in [0.15, 0.2) is 0 Å². The second-order valence-electron chi connectivity index (χ2n) is 7.60. The molecular weight excluding hydrogens is 336 g/mol. The van der Waals surface area contributed by atoms with Crippen LogP contribution >= 0.6 is 12.4 Å². The smallest absolute Gasteiger partial charge is 0.262 e. The fraction of sp³-hybridized carbons (Fsp3) is 0.550. The van der Waals surface area contributed by atoms with Crippen molar-refractivity contribution < 1.29 is 4.74 Å². The van der Waals surface area contributed by atoms with E-state index in [9.17, 15) is 4.79 Å². The average molecular weight is 361 g/mol. The third-order valence-corrected chi connectivity index (χ3v) is 6.41. The Morgan fingerprint density at radius 2 is 1.84 bits per heavy atom. The van der Waals surface area contributed by atoms with Crippen LogP contribution in [0.3, 0.4) is 0 Å². The minimum Gasteiger partial charge on any atom is -0.496 e. The molecule has 4 aliphatic rings. The molecule has 1 unspecified atom stereocenters. The Morgan fingerprint density at radius 1 is 1.08 bits per heavy atom. The molecule has 2 aromatic rings. The SMILES string of the molecule is COc1ccc2c3c(cn(C4CN5CCC4CC5)c(=O)c13)CCC2.Cl. The van der Waals surface area contributed by atoms with E-state index in [2.05, 4.69) is 21.7 Å². The van der Waals surface area contributed by atoms with Crippen molar-refractivity contribution in [3.63, 3.8) is 0 Å². The summed E-state index contributed by atoms with van der Waals surface area (Å²) in [5.41, 5.74) is 2.79. The predicted molar refractivity (Wildman–Crippen MR) is 102 cm³/mol. The van der Waals surface area contributed by atoms with E-state index in [1.807, 2.05) is 6.07 Å². The summed E-state index contributed by atoms with van der Waals surface area (Å²) in [5, 5.41) is 1.98. The van der Waals surface area contributed by atoms with Crippen molar-refractivity contribution >= 4 is 23.2 Å². The largest absolute Gasteiger partial charge is 0.496 e. The van der Waals surface area contributed by atoms with Crippen molar-refractivity contribution in [1.29, 1.82) is 0 Å². The molecule has 4 nitrogen and oxygen atoms in total. The summed E-state index contributed by atoms with van der Waals surface area (Å²) < 4.78 is 7.63. The van der Waals surface area contributed by atoms with Gasteiger partial charge in [0.05, 0.1) is 18.5 Å². The summed E-state index contributed by atoms with van der Waals surface area (Å²) >= 11 is 0. The predicted octanol–water partition coefficient (Wildman–Crippen LogP) is 3.19. The molecule has 2 bridgehead atoms. The van der Waals surface area contributed by atoms with Crippen LogP contribution in [0.5, 0.6) is 5.75 Å². The molecule has 0 spiro atoms. The van der Waals surface area contributed by atoms with Crippen LogP contribution in [0.25, 0.3) is 10.8 Å². The number of aromatic nitrogens is 1. The summed E-state index contributed by atoms with van der Waals surface area (Å²) in [6.07, 6.45) is 7.93. The van der Waals surface area contributed by atoms with E-state index in [1.54, 1.807) is 7.11 Å². The lowest BCUT2D eigenvalue weighted by Gasteiger charge is -2.45. The van der Waals surface area contributed by atoms with Gasteiger partial charge in [-0.1, -0.05) is 6.07 Å². The number of pyridine rings is 1. The highest BCUT2D eigenvalue weighted by Gasteiger charge is 2.36. The number of piperidine rings is 3. The number of hydrogen-bond donors (Lipinski definition) is 0. The van der Waals surface area contributed by atoms with Gasteiger partial charge in [-0.2, -0.15) is 0 Å². The number of hydrogen-bond acceptors (Lipinski definition) is 3. The molecule has 0 radical (unpaired) electrons. The van der Waals surface area contributed by atoms with Crippen molar-refractivity contribution in [1.82, 2.24) is 9.47 Å². The Labute approximate surface area is 154 Å². The van der Waals surface area contributed by atoms with Crippen LogP contribution in [0.2, 0.25) is 0 Å². The maximum atomic E-state index is 13.4. The highest BCUT2D eigenvalue weighted by atomic mass is 35.5. The molecule has 1 aliphatic carbocycles. The molecule has 1 aromatic carbocycles. The summed E-state index contributed by atoms with van der Waals surface area (Å²) in [4.78, 5) is 15.9. The minimum absolute atomic E-state index is 0. The van der Waals surface area contributed by atoms with Crippen LogP contribution in [-0.2, 0) is 12.8 Å². The molecule has 4 heterocycles. The molecule has 0 N–H and O–H groups in total. The molecule has 6 rings (SSSR count). The topological polar surface area (TPSA) is 34.5 Å². The number of aryl methyl sites for hydroxylation is 2. The molecular formula is C20H25ClN2O2. The van der Waals surface area contributed by atoms with E-state index in [4.69, 9.17) is 4.74 Å². The number of ether oxygens (including phenoxy) is 1. The van der Waals surface area contributed by atoms with E-state index in [1.165, 1.54) is 48.9 Å². The molecule has 5 heteroatoms. The van der Waals surface area contributed by atoms with Crippen LogP contribution < -0.4 is 10.3 Å². The molecule has 3 aliphatic heterocycles. The molecule has 134 valence electrons. The Bertz CT molecular complexity index is 868. The quantitative estimate of drug-likeness (QED) is 0.825. The van der Waals surface area contributed by atoms with E-state index in [-0.39, 0.29) is 18.0 Å². The van der Waals surface area contributed by atoms with Crippen LogP contribution in [0.15, 0.2) is 23.1 Å². The van der Waals surface area contributed by atoms with E-state index in [0.29, 0.717) is 12.0 Å². The highest BCUT2D eigenvalue weighted by Crippen LogP contribution is 2.38. The fourth-order valence-corrected chi connectivity index (χ4v) is 5.16. The number of rotatable bonds is 2. The summed E-state index contributed by atoms with van der Waals surface area (Å²) in [7, 11) is 1.67. The Kier molecular flexibility index (Phi) is 4.28. The van der Waals surface area contributed by atoms with Gasteiger partial charge in [-0.05, 0) is 73.7 Å². The first-order chi connectivity index (χ1) is 11.8. The van der Waals surface area contributed by atoms with Crippen LogP contribution in [0, 0.1) is 5.92 Å². The number of nitrogens with zero attached hydrogens (tertiary/aromatic N) is 2. The first-order valence-electron chi connectivity index (χ1n) is 9.22. The van der Waals surface area contributed by atoms with Gasteiger partial charge in [-0.25, -0.2) is 0 Å². The van der Waals surface area contributed by atoms with Gasteiger partial charge in [0.25, 0.3) is 5.56 Å². The zero-order valence-electron chi connectivity index (χ0n) is 14.7. The van der Waals surface area contributed by atoms with Crippen LogP contribution in [0.4, 0.5) is 0 Å². The van der Waals surface area contributed by atoms with Gasteiger partial charge in [0, 0.05) is 12.7 Å². The van der Waals surface area contributed by atoms with E-state index < -0.39 is 0 Å². The molecule has 3 fully saturated rings. The minimum atomic E-state index is 0. The van der Waals surface area contributed by atoms with Crippen molar-refractivity contribution in [3.8, 4) is 5.75 Å². The summed E-state index contributed by atoms with van der Waals surface area (Å²) in [6, 6.07) is 4.45. The Hall–Kier alpha value is -1.52. The van der Waals surface area contributed by atoms with Gasteiger partial charge in [0.1, 0.15) is 5.75 Å². The monoisotopic (exact) mass is 360 g/mol. The Balaban J connectivity index is 0.00000157. The van der Waals surface area contributed by atoms with Gasteiger partial charge in [0.2, 0.25) is 0 Å². The van der Waals surface area contributed by atoms with Crippen molar-refractivity contribution in [2.45, 2.75) is 38.1 Å². The average Bonchev–Trinajstić information content (AvgIpc) is 2.65. The molecule has 25 heavy (non-hydrogen) atoms. The molecule has 0 saturated carbocycles. The number of benzene rings is 1. The Morgan fingerprint density at radius 3 is 2.52 bits per heavy atom. The second-order valence-corrected chi connectivity index (χ2v) is 7.60. The lowest BCUT2D eigenvalue weighted by Crippen LogP contribution is -2.50. The zero-order valence-corrected chi connectivity index (χ0v) is 15.5. The highest BCUT2D eigenvalue weighted by molar-refractivity contribution is 5.93. The number of methoxy groups -OCH3 is 1. The first kappa shape index (κ1) is 16.9. The molecule has 3 saturated heterocycles. The third kappa shape index (κ3) is 2.49. The lowest BCUT2D eigenvalue weighted by molar-refractivity contribution is 0.0555. The first-order valence-corrected chi connectivity index (χ1v) is 9.22. The lowest BCUT2D eigenvalue weighted by atomic mass is 9.83. The van der Waals surface area contributed by atoms with Gasteiger partial charge in [-0.15, -0.1) is 12.4 Å². The van der Waals surface area contributed by atoms with Crippen LogP contribution in [-0.4, -0.2) is 36.2 Å². The van der Waals surface area contributed by atoms with Crippen molar-refractivity contribution in [2.24, 2.45) is 5.92 Å². The number of halogens is 1. The standard InChI is InChI=1S/C20H24N2O2.ClH/c1-24-17-6-5-14-3-2-4-15-11-22(20(23)19(17)18(14)15)16-12-21-9-7-13(16)8-10-21;/h5-6,11,13,16H,2-4,7-10,12H2,1H3;1H. The van der Waals surface area contributed by atoms with Crippen LogP contribution in [0.1, 0.15) is 36.4 Å². The molecule has 0 amide bonds. The molecule has 1 atom stereocenters. The maximum absolute atomic E-state index is 13.4. The van der Waals surface area contributed by atoms with Gasteiger partial charge in [-0.3, -0.25) is 4.79 Å². The van der Waals surface area contributed by atoms with Crippen molar-refractivity contribution in [2.75, 3.05) is 26.7 Å². The summed E-state index contributed by atoms with van der Waals surface area (Å²) in [6.45, 7) is 3.42.